The van der Waals surface area contributed by atoms with Crippen LogP contribution in [0.5, 0.6) is 5.75 Å². The fourth-order valence-corrected chi connectivity index (χ4v) is 5.23. The van der Waals surface area contributed by atoms with Gasteiger partial charge in [0, 0.05) is 13.1 Å². The van der Waals surface area contributed by atoms with E-state index in [2.05, 4.69) is 6.07 Å². The number of fused-ring (bicyclic) bond motifs is 1. The second kappa shape index (κ2) is 8.04. The Kier molecular flexibility index (Phi) is 5.56. The van der Waals surface area contributed by atoms with Crippen LogP contribution < -0.4 is 10.4 Å². The molecule has 0 unspecified atom stereocenters. The molecule has 0 N–H and O–H groups in total. The first-order chi connectivity index (χ1) is 14.7. The molecule has 3 aromatic rings. The summed E-state index contributed by atoms with van der Waals surface area (Å²) in [6.07, 6.45) is 1.72. The monoisotopic (exact) mass is 460 g/mol. The molecule has 0 radical (unpaired) electrons. The van der Waals surface area contributed by atoms with Crippen molar-refractivity contribution in [3.8, 4) is 11.8 Å². The summed E-state index contributed by atoms with van der Waals surface area (Å²) in [5.74, 6) is 0.541. The highest BCUT2D eigenvalue weighted by Crippen LogP contribution is 2.29. The van der Waals surface area contributed by atoms with E-state index in [1.54, 1.807) is 39.5 Å². The van der Waals surface area contributed by atoms with Crippen molar-refractivity contribution in [3.63, 3.8) is 0 Å². The molecule has 8 nitrogen and oxygen atoms in total. The van der Waals surface area contributed by atoms with Crippen molar-refractivity contribution in [2.24, 2.45) is 0 Å². The molecule has 1 fully saturated rings. The number of halogens is 1. The highest BCUT2D eigenvalue weighted by Gasteiger charge is 2.32. The molecule has 10 heteroatoms. The van der Waals surface area contributed by atoms with Crippen LogP contribution in [0.2, 0.25) is 5.02 Å². The van der Waals surface area contributed by atoms with E-state index < -0.39 is 10.0 Å². The molecular weight excluding hydrogens is 440 g/mol. The quantitative estimate of drug-likeness (QED) is 0.583. The number of rotatable bonds is 5. The Balaban J connectivity index is 1.82. The van der Waals surface area contributed by atoms with Crippen LogP contribution in [-0.2, 0) is 16.6 Å². The highest BCUT2D eigenvalue weighted by atomic mass is 35.5. The molecule has 1 aliphatic heterocycles. The number of aromatic nitrogens is 2. The van der Waals surface area contributed by atoms with Crippen molar-refractivity contribution in [2.45, 2.75) is 19.0 Å². The molecule has 1 atom stereocenters. The molecule has 1 saturated heterocycles. The zero-order chi connectivity index (χ0) is 22.3. The maximum atomic E-state index is 13.5. The van der Waals surface area contributed by atoms with E-state index in [9.17, 15) is 18.5 Å². The van der Waals surface area contributed by atoms with Gasteiger partial charge in [-0.3, -0.25) is 9.13 Å². The number of hydrogen-bond acceptors (Lipinski definition) is 5. The van der Waals surface area contributed by atoms with E-state index in [1.807, 2.05) is 6.07 Å². The third-order valence-electron chi connectivity index (χ3n) is 5.61. The summed E-state index contributed by atoms with van der Waals surface area (Å²) in [4.78, 5) is 13.5. The minimum Gasteiger partial charge on any atom is -0.495 e. The largest absolute Gasteiger partial charge is 0.495 e. The highest BCUT2D eigenvalue weighted by molar-refractivity contribution is 7.88. The molecule has 4 rings (SSSR count). The summed E-state index contributed by atoms with van der Waals surface area (Å²) in [6, 6.07) is 12.2. The lowest BCUT2D eigenvalue weighted by Crippen LogP contribution is -2.31. The minimum absolute atomic E-state index is 0.242. The van der Waals surface area contributed by atoms with Crippen LogP contribution >= 0.6 is 11.6 Å². The summed E-state index contributed by atoms with van der Waals surface area (Å²) in [5, 5.41) is 9.77. The van der Waals surface area contributed by atoms with Gasteiger partial charge in [0.15, 0.2) is 0 Å². The Bertz CT molecular complexity index is 1370. The summed E-state index contributed by atoms with van der Waals surface area (Å²) in [6.45, 7) is 0.864. The van der Waals surface area contributed by atoms with Crippen LogP contribution in [0.15, 0.2) is 41.2 Å². The molecule has 31 heavy (non-hydrogen) atoms. The van der Waals surface area contributed by atoms with Gasteiger partial charge in [-0.2, -0.15) is 5.26 Å². The Hall–Kier alpha value is -2.80. The van der Waals surface area contributed by atoms with E-state index in [0.717, 1.165) is 5.56 Å². The van der Waals surface area contributed by atoms with Crippen molar-refractivity contribution in [1.29, 1.82) is 5.26 Å². The number of nitrogens with zero attached hydrogens (tertiary/aromatic N) is 4. The van der Waals surface area contributed by atoms with Crippen LogP contribution in [0.3, 0.4) is 0 Å². The van der Waals surface area contributed by atoms with E-state index in [0.29, 0.717) is 40.3 Å². The van der Waals surface area contributed by atoms with Crippen molar-refractivity contribution in [2.75, 3.05) is 26.5 Å². The maximum Gasteiger partial charge on any atom is 0.329 e. The molecule has 1 aromatic heterocycles. The Labute approximate surface area is 184 Å². The number of imidazole rings is 1. The molecule has 162 valence electrons. The van der Waals surface area contributed by atoms with Crippen LogP contribution in [-0.4, -0.2) is 48.3 Å². The Morgan fingerprint density at radius 2 is 2.00 bits per heavy atom. The molecular formula is C21H21ClN4O4S. The zero-order valence-electron chi connectivity index (χ0n) is 17.1. The van der Waals surface area contributed by atoms with Crippen molar-refractivity contribution >= 4 is 32.7 Å². The Morgan fingerprint density at radius 1 is 1.23 bits per heavy atom. The summed E-state index contributed by atoms with van der Waals surface area (Å²) >= 11 is 6.25. The van der Waals surface area contributed by atoms with Gasteiger partial charge >= 0.3 is 5.69 Å². The van der Waals surface area contributed by atoms with E-state index in [1.165, 1.54) is 17.7 Å². The number of benzene rings is 2. The lowest BCUT2D eigenvalue weighted by atomic mass is 10.2. The van der Waals surface area contributed by atoms with Crippen LogP contribution in [0, 0.1) is 11.3 Å². The van der Waals surface area contributed by atoms with Crippen LogP contribution in [0.1, 0.15) is 23.6 Å². The molecule has 2 aromatic carbocycles. The van der Waals surface area contributed by atoms with E-state index >= 15 is 0 Å². The second-order valence-electron chi connectivity index (χ2n) is 7.59. The van der Waals surface area contributed by atoms with Gasteiger partial charge < -0.3 is 4.74 Å². The third kappa shape index (κ3) is 3.94. The first-order valence-corrected chi connectivity index (χ1v) is 11.9. The third-order valence-corrected chi connectivity index (χ3v) is 7.17. The molecule has 0 amide bonds. The number of ether oxygens (including phenoxy) is 1. The minimum atomic E-state index is -3.33. The van der Waals surface area contributed by atoms with Crippen LogP contribution in [0.4, 0.5) is 0 Å². The smallest absolute Gasteiger partial charge is 0.329 e. The van der Waals surface area contributed by atoms with Crippen molar-refractivity contribution < 1.29 is 13.2 Å². The molecule has 0 spiro atoms. The van der Waals surface area contributed by atoms with Gasteiger partial charge in [-0.25, -0.2) is 17.5 Å². The fraction of sp³-hybridized carbons (Fsp3) is 0.333. The predicted molar refractivity (Wildman–Crippen MR) is 118 cm³/mol. The fourth-order valence-electron chi connectivity index (χ4n) is 4.07. The topological polar surface area (TPSA) is 97.3 Å². The van der Waals surface area contributed by atoms with Crippen molar-refractivity contribution in [1.82, 2.24) is 13.4 Å². The number of hydrogen-bond donors (Lipinski definition) is 0. The van der Waals surface area contributed by atoms with Gasteiger partial charge in [0.25, 0.3) is 0 Å². The SMILES string of the molecule is COc1ccc(Cn2c(=O)n([C@@H]3CCN(S(C)(=O)=O)C3)c3ccc(C#N)cc32)cc1Cl. The predicted octanol–water partition coefficient (Wildman–Crippen LogP) is 2.59. The number of sulfonamides is 1. The standard InChI is InChI=1S/C21H21ClN4O4S/c1-30-20-6-4-15(9-17(20)22)12-25-19-10-14(11-23)3-5-18(19)26(21(25)27)16-7-8-24(13-16)31(2,28)29/h3-6,9-10,16H,7-8,12-13H2,1-2H3/t16-/m1/s1. The first kappa shape index (κ1) is 21.4. The summed E-state index contributed by atoms with van der Waals surface area (Å²) in [7, 11) is -1.80. The summed E-state index contributed by atoms with van der Waals surface area (Å²) < 4.78 is 33.7. The summed E-state index contributed by atoms with van der Waals surface area (Å²) in [5.41, 5.74) is 2.28. The van der Waals surface area contributed by atoms with Crippen molar-refractivity contribution in [3.05, 3.63) is 63.0 Å². The van der Waals surface area contributed by atoms with Gasteiger partial charge in [-0.1, -0.05) is 17.7 Å². The van der Waals surface area contributed by atoms with Gasteiger partial charge in [0.2, 0.25) is 10.0 Å². The maximum absolute atomic E-state index is 13.5. The average molecular weight is 461 g/mol. The lowest BCUT2D eigenvalue weighted by molar-refractivity contribution is 0.415. The average Bonchev–Trinajstić information content (AvgIpc) is 3.31. The van der Waals surface area contributed by atoms with Crippen LogP contribution in [0.25, 0.3) is 11.0 Å². The van der Waals surface area contributed by atoms with Gasteiger partial charge in [0.1, 0.15) is 5.75 Å². The van der Waals surface area contributed by atoms with Gasteiger partial charge in [-0.05, 0) is 42.3 Å². The molecule has 0 bridgehead atoms. The number of nitriles is 1. The van der Waals surface area contributed by atoms with Gasteiger partial charge in [0.05, 0.1) is 53.6 Å². The zero-order valence-corrected chi connectivity index (χ0v) is 18.7. The Morgan fingerprint density at radius 3 is 2.61 bits per heavy atom. The normalized spacial score (nSPS) is 17.2. The number of methoxy groups -OCH3 is 1. The van der Waals surface area contributed by atoms with Gasteiger partial charge in [-0.15, -0.1) is 0 Å². The second-order valence-corrected chi connectivity index (χ2v) is 9.98. The van der Waals surface area contributed by atoms with E-state index in [-0.39, 0.29) is 24.8 Å². The van der Waals surface area contributed by atoms with E-state index in [4.69, 9.17) is 16.3 Å². The molecule has 1 aliphatic rings. The lowest BCUT2D eigenvalue weighted by Gasteiger charge is -2.14. The molecule has 0 saturated carbocycles. The molecule has 2 heterocycles. The molecule has 0 aliphatic carbocycles. The first-order valence-electron chi connectivity index (χ1n) is 9.65.